The first-order valence-corrected chi connectivity index (χ1v) is 11.7. The van der Waals surface area contributed by atoms with Gasteiger partial charge in [0.15, 0.2) is 5.92 Å². The number of unbranched alkanes of at least 4 members (excludes halogenated alkanes) is 7. The van der Waals surface area contributed by atoms with Crippen molar-refractivity contribution in [2.45, 2.75) is 70.6 Å². The molecule has 166 valence electrons. The zero-order valence-corrected chi connectivity index (χ0v) is 18.5. The van der Waals surface area contributed by atoms with Crippen molar-refractivity contribution in [2.24, 2.45) is 5.92 Å². The van der Waals surface area contributed by atoms with Crippen LogP contribution in [0.3, 0.4) is 0 Å². The van der Waals surface area contributed by atoms with E-state index >= 15 is 0 Å². The lowest BCUT2D eigenvalue weighted by Gasteiger charge is -2.17. The van der Waals surface area contributed by atoms with Crippen LogP contribution in [0.25, 0.3) is 11.1 Å². The number of carbonyl (C=O) groups excluding carboxylic acids is 1. The van der Waals surface area contributed by atoms with Gasteiger partial charge in [-0.2, -0.15) is 0 Å². The molecule has 1 atom stereocenters. The van der Waals surface area contributed by atoms with Gasteiger partial charge in [0, 0.05) is 5.92 Å². The topological polar surface area (TPSA) is 63.6 Å². The van der Waals surface area contributed by atoms with Crippen LogP contribution in [-0.4, -0.2) is 23.7 Å². The number of hydrogen-bond donors (Lipinski definition) is 1. The zero-order chi connectivity index (χ0) is 22.1. The fourth-order valence-electron chi connectivity index (χ4n) is 4.53. The summed E-state index contributed by atoms with van der Waals surface area (Å²) in [6.45, 7) is 2.38. The lowest BCUT2D eigenvalue weighted by Crippen LogP contribution is -2.27. The maximum Gasteiger partial charge on any atom is 0.320 e. The number of ether oxygens (including phenoxy) is 1. The molecule has 2 aromatic rings. The van der Waals surface area contributed by atoms with Crippen LogP contribution in [-0.2, 0) is 14.3 Å². The molecule has 0 spiro atoms. The van der Waals surface area contributed by atoms with Gasteiger partial charge in [-0.1, -0.05) is 107 Å². The first-order chi connectivity index (χ1) is 15.1. The second kappa shape index (κ2) is 11.7. The van der Waals surface area contributed by atoms with E-state index in [0.29, 0.717) is 6.42 Å². The van der Waals surface area contributed by atoms with Crippen molar-refractivity contribution in [3.05, 3.63) is 59.7 Å². The molecule has 0 heterocycles. The highest BCUT2D eigenvalue weighted by Crippen LogP contribution is 2.44. The van der Waals surface area contributed by atoms with Gasteiger partial charge in [-0.05, 0) is 28.7 Å². The highest BCUT2D eigenvalue weighted by molar-refractivity contribution is 5.94. The molecule has 4 nitrogen and oxygen atoms in total. The summed E-state index contributed by atoms with van der Waals surface area (Å²) < 4.78 is 5.57. The molecule has 0 aliphatic heterocycles. The molecule has 0 saturated heterocycles. The Bertz CT molecular complexity index is 828. The predicted octanol–water partition coefficient (Wildman–Crippen LogP) is 6.57. The Morgan fingerprint density at radius 3 is 1.90 bits per heavy atom. The molecule has 0 fully saturated rings. The van der Waals surface area contributed by atoms with Crippen molar-refractivity contribution in [2.75, 3.05) is 6.61 Å². The first-order valence-electron chi connectivity index (χ1n) is 11.7. The van der Waals surface area contributed by atoms with Gasteiger partial charge < -0.3 is 9.84 Å². The van der Waals surface area contributed by atoms with Crippen LogP contribution in [0.15, 0.2) is 48.5 Å². The third-order valence-electron chi connectivity index (χ3n) is 6.28. The Kier molecular flexibility index (Phi) is 8.69. The molecule has 1 aliphatic carbocycles. The molecule has 2 aromatic carbocycles. The summed E-state index contributed by atoms with van der Waals surface area (Å²) in [7, 11) is 0. The molecule has 0 aromatic heterocycles. The third-order valence-corrected chi connectivity index (χ3v) is 6.28. The molecule has 0 radical (unpaired) electrons. The Balaban J connectivity index is 1.51. The van der Waals surface area contributed by atoms with Gasteiger partial charge in [-0.25, -0.2) is 0 Å². The summed E-state index contributed by atoms with van der Waals surface area (Å²) in [5.74, 6) is -2.82. The van der Waals surface area contributed by atoms with E-state index in [4.69, 9.17) is 4.74 Å². The number of aliphatic carboxylic acids is 1. The number of benzene rings is 2. The smallest absolute Gasteiger partial charge is 0.320 e. The van der Waals surface area contributed by atoms with Gasteiger partial charge >= 0.3 is 11.9 Å². The maximum absolute atomic E-state index is 12.6. The molecule has 1 unspecified atom stereocenters. The van der Waals surface area contributed by atoms with E-state index in [1.54, 1.807) is 0 Å². The molecule has 1 aliphatic rings. The number of carbonyl (C=O) groups is 2. The molecule has 3 rings (SSSR count). The number of rotatable bonds is 13. The molecule has 0 amide bonds. The van der Waals surface area contributed by atoms with Gasteiger partial charge in [0.05, 0.1) is 0 Å². The second-order valence-corrected chi connectivity index (χ2v) is 8.51. The van der Waals surface area contributed by atoms with Crippen LogP contribution in [0.2, 0.25) is 0 Å². The average molecular weight is 423 g/mol. The largest absolute Gasteiger partial charge is 0.481 e. The molecule has 0 bridgehead atoms. The van der Waals surface area contributed by atoms with Crippen LogP contribution < -0.4 is 0 Å². The lowest BCUT2D eigenvalue weighted by atomic mass is 9.97. The van der Waals surface area contributed by atoms with Gasteiger partial charge in [-0.3, -0.25) is 9.59 Å². The van der Waals surface area contributed by atoms with E-state index in [1.165, 1.54) is 32.1 Å². The Labute approximate surface area is 185 Å². The molecule has 0 saturated carbocycles. The molecule has 1 N–H and O–H groups in total. The van der Waals surface area contributed by atoms with Crippen molar-refractivity contribution in [1.29, 1.82) is 0 Å². The van der Waals surface area contributed by atoms with E-state index in [0.717, 1.165) is 41.5 Å². The van der Waals surface area contributed by atoms with Gasteiger partial charge in [0.2, 0.25) is 0 Å². The number of carboxylic acids is 1. The zero-order valence-electron chi connectivity index (χ0n) is 18.5. The average Bonchev–Trinajstić information content (AvgIpc) is 3.10. The lowest BCUT2D eigenvalue weighted by molar-refractivity contribution is -0.159. The number of fused-ring (bicyclic) bond motifs is 3. The van der Waals surface area contributed by atoms with Crippen LogP contribution in [0.5, 0.6) is 0 Å². The van der Waals surface area contributed by atoms with Crippen molar-refractivity contribution in [1.82, 2.24) is 0 Å². The van der Waals surface area contributed by atoms with Crippen molar-refractivity contribution < 1.29 is 19.4 Å². The highest BCUT2D eigenvalue weighted by atomic mass is 16.5. The van der Waals surface area contributed by atoms with E-state index < -0.39 is 17.9 Å². The first kappa shape index (κ1) is 23.1. The number of carboxylic acid groups (broad SMARTS) is 1. The van der Waals surface area contributed by atoms with Crippen LogP contribution in [0.1, 0.15) is 81.8 Å². The molecular weight excluding hydrogens is 388 g/mol. The number of esters is 1. The quantitative estimate of drug-likeness (QED) is 0.225. The predicted molar refractivity (Wildman–Crippen MR) is 123 cm³/mol. The Morgan fingerprint density at radius 2 is 1.35 bits per heavy atom. The summed E-state index contributed by atoms with van der Waals surface area (Å²) >= 11 is 0. The van der Waals surface area contributed by atoms with Gasteiger partial charge in [-0.15, -0.1) is 0 Å². The summed E-state index contributed by atoms with van der Waals surface area (Å²) in [6.07, 6.45) is 9.37. The van der Waals surface area contributed by atoms with Crippen LogP contribution >= 0.6 is 0 Å². The third kappa shape index (κ3) is 5.96. The summed E-state index contributed by atoms with van der Waals surface area (Å²) in [5.41, 5.74) is 4.58. The monoisotopic (exact) mass is 422 g/mol. The van der Waals surface area contributed by atoms with Crippen LogP contribution in [0.4, 0.5) is 0 Å². The van der Waals surface area contributed by atoms with E-state index in [-0.39, 0.29) is 12.5 Å². The molecule has 31 heavy (non-hydrogen) atoms. The van der Waals surface area contributed by atoms with Crippen molar-refractivity contribution in [3.8, 4) is 11.1 Å². The highest BCUT2D eigenvalue weighted by Gasteiger charge is 2.32. The van der Waals surface area contributed by atoms with Crippen LogP contribution in [0, 0.1) is 5.92 Å². The van der Waals surface area contributed by atoms with E-state index in [1.807, 2.05) is 24.3 Å². The number of hydrogen-bond acceptors (Lipinski definition) is 3. The standard InChI is InChI=1S/C27H34O4/c1-2-3-4-5-6-7-8-9-18-24(26(28)29)27(30)31-19-25-22-16-12-10-14-20(22)21-15-11-13-17-23(21)25/h10-17,24-25H,2-9,18-19H2,1H3,(H,28,29). The minimum absolute atomic E-state index is 0.0473. The van der Waals surface area contributed by atoms with Crippen molar-refractivity contribution in [3.63, 3.8) is 0 Å². The SMILES string of the molecule is CCCCCCCCCCC(C(=O)O)C(=O)OCC1c2ccccc2-c2ccccc21. The summed E-state index contributed by atoms with van der Waals surface area (Å²) in [6, 6.07) is 16.3. The van der Waals surface area contributed by atoms with Gasteiger partial charge in [0.25, 0.3) is 0 Å². The molecule has 4 heteroatoms. The van der Waals surface area contributed by atoms with Gasteiger partial charge in [0.1, 0.15) is 6.61 Å². The Morgan fingerprint density at radius 1 is 0.839 bits per heavy atom. The summed E-state index contributed by atoms with van der Waals surface area (Å²) in [5, 5.41) is 9.55. The fourth-order valence-corrected chi connectivity index (χ4v) is 4.53. The van der Waals surface area contributed by atoms with E-state index in [2.05, 4.69) is 31.2 Å². The summed E-state index contributed by atoms with van der Waals surface area (Å²) in [4.78, 5) is 24.3. The van der Waals surface area contributed by atoms with E-state index in [9.17, 15) is 14.7 Å². The molecular formula is C27H34O4. The minimum atomic E-state index is -1.08. The fraction of sp³-hybridized carbons (Fsp3) is 0.481. The van der Waals surface area contributed by atoms with Crippen molar-refractivity contribution >= 4 is 11.9 Å². The minimum Gasteiger partial charge on any atom is -0.481 e. The normalized spacial score (nSPS) is 13.5. The second-order valence-electron chi connectivity index (χ2n) is 8.51. The maximum atomic E-state index is 12.6. The Hall–Kier alpha value is -2.62.